The van der Waals surface area contributed by atoms with Crippen LogP contribution in [0.25, 0.3) is 21.8 Å². The van der Waals surface area contributed by atoms with E-state index in [1.165, 1.54) is 0 Å². The van der Waals surface area contributed by atoms with E-state index in [1.807, 2.05) is 66.9 Å². The first kappa shape index (κ1) is 23.3. The Hall–Kier alpha value is -3.84. The first-order valence-electron chi connectivity index (χ1n) is 10.9. The summed E-state index contributed by atoms with van der Waals surface area (Å²) in [7, 11) is 3.24. The number of nitrogens with zero attached hydrogens (tertiary/aromatic N) is 1. The molecule has 0 saturated heterocycles. The van der Waals surface area contributed by atoms with Gasteiger partial charge in [0.2, 0.25) is 0 Å². The van der Waals surface area contributed by atoms with Gasteiger partial charge in [0, 0.05) is 28.6 Å². The van der Waals surface area contributed by atoms with Gasteiger partial charge in [-0.1, -0.05) is 30.3 Å². The highest BCUT2D eigenvalue weighted by Crippen LogP contribution is 2.34. The highest BCUT2D eigenvalue weighted by atomic mass is 32.1. The monoisotopic (exact) mass is 474 g/mol. The maximum atomic E-state index is 12.5. The van der Waals surface area contributed by atoms with E-state index >= 15 is 0 Å². The van der Waals surface area contributed by atoms with Crippen LogP contribution in [-0.4, -0.2) is 31.7 Å². The van der Waals surface area contributed by atoms with Gasteiger partial charge in [-0.2, -0.15) is 0 Å². The third-order valence-corrected chi connectivity index (χ3v) is 6.14. The molecule has 1 amide bonds. The fourth-order valence-electron chi connectivity index (χ4n) is 3.48. The molecule has 1 heterocycles. The van der Waals surface area contributed by atoms with Gasteiger partial charge in [-0.3, -0.25) is 4.79 Å². The summed E-state index contributed by atoms with van der Waals surface area (Å²) in [5, 5.41) is 5.91. The lowest BCUT2D eigenvalue weighted by Crippen LogP contribution is -2.22. The highest BCUT2D eigenvalue weighted by Gasteiger charge is 2.11. The molecule has 1 N–H and O–H groups in total. The molecule has 0 fully saturated rings. The van der Waals surface area contributed by atoms with Gasteiger partial charge in [0.1, 0.15) is 10.8 Å². The van der Waals surface area contributed by atoms with E-state index in [0.29, 0.717) is 36.0 Å². The normalized spacial score (nSPS) is 10.6. The maximum Gasteiger partial charge on any atom is 0.251 e. The van der Waals surface area contributed by atoms with Crippen molar-refractivity contribution in [3.05, 3.63) is 83.2 Å². The summed E-state index contributed by atoms with van der Waals surface area (Å²) in [4.78, 5) is 17.3. The summed E-state index contributed by atoms with van der Waals surface area (Å²) < 4.78 is 16.2. The molecule has 0 radical (unpaired) electrons. The lowest BCUT2D eigenvalue weighted by molar-refractivity contribution is 0.0950. The van der Waals surface area contributed by atoms with E-state index in [9.17, 15) is 4.79 Å². The van der Waals surface area contributed by atoms with Crippen molar-refractivity contribution >= 4 is 17.2 Å². The molecular weight excluding hydrogens is 448 g/mol. The number of nitrogens with one attached hydrogen (secondary N) is 1. The Morgan fingerprint density at radius 3 is 2.44 bits per heavy atom. The van der Waals surface area contributed by atoms with Crippen LogP contribution in [0.1, 0.15) is 22.8 Å². The fraction of sp³-hybridized carbons (Fsp3) is 0.185. The largest absolute Gasteiger partial charge is 0.494 e. The summed E-state index contributed by atoms with van der Waals surface area (Å²) in [6.45, 7) is 2.91. The van der Waals surface area contributed by atoms with Crippen LogP contribution >= 0.6 is 11.3 Å². The number of hydrogen-bond acceptors (Lipinski definition) is 6. The smallest absolute Gasteiger partial charge is 0.251 e. The Bertz CT molecular complexity index is 1270. The number of carbonyl (C=O) groups is 1. The maximum absolute atomic E-state index is 12.5. The van der Waals surface area contributed by atoms with Gasteiger partial charge in [0.15, 0.2) is 11.5 Å². The predicted octanol–water partition coefficient (Wildman–Crippen LogP) is 5.82. The summed E-state index contributed by atoms with van der Waals surface area (Å²) in [6.07, 6.45) is 0. The minimum Gasteiger partial charge on any atom is -0.494 e. The van der Waals surface area contributed by atoms with Gasteiger partial charge < -0.3 is 19.5 Å². The van der Waals surface area contributed by atoms with Crippen LogP contribution in [0.15, 0.2) is 72.1 Å². The van der Waals surface area contributed by atoms with Crippen molar-refractivity contribution in [2.24, 2.45) is 0 Å². The molecule has 0 bridgehead atoms. The van der Waals surface area contributed by atoms with Gasteiger partial charge in [-0.05, 0) is 48.9 Å². The first-order chi connectivity index (χ1) is 16.6. The standard InChI is InChI=1S/C27H26N2O4S/c1-4-33-22-7-5-6-21(14-22)26(30)28-16-18-8-10-19(11-9-18)27-29-23(17-34-27)20-12-13-24(31-2)25(15-20)32-3/h5-15,17H,4,16H2,1-3H3,(H,28,30). The topological polar surface area (TPSA) is 69.7 Å². The number of rotatable bonds is 9. The lowest BCUT2D eigenvalue weighted by Gasteiger charge is -2.08. The second-order valence-electron chi connectivity index (χ2n) is 7.45. The Morgan fingerprint density at radius 1 is 0.941 bits per heavy atom. The third kappa shape index (κ3) is 5.38. The Balaban J connectivity index is 1.41. The second-order valence-corrected chi connectivity index (χ2v) is 8.31. The molecule has 0 unspecified atom stereocenters. The number of hydrogen-bond donors (Lipinski definition) is 1. The molecule has 0 aliphatic rings. The zero-order valence-electron chi connectivity index (χ0n) is 19.3. The first-order valence-corrected chi connectivity index (χ1v) is 11.8. The zero-order valence-corrected chi connectivity index (χ0v) is 20.1. The van der Waals surface area contributed by atoms with Crippen molar-refractivity contribution in [1.82, 2.24) is 10.3 Å². The summed E-state index contributed by atoms with van der Waals surface area (Å²) in [6, 6.07) is 21.0. The van der Waals surface area contributed by atoms with Gasteiger partial charge in [-0.25, -0.2) is 4.98 Å². The van der Waals surface area contributed by atoms with E-state index in [1.54, 1.807) is 37.7 Å². The predicted molar refractivity (Wildman–Crippen MR) is 135 cm³/mol. The van der Waals surface area contributed by atoms with E-state index in [-0.39, 0.29) is 5.91 Å². The summed E-state index contributed by atoms with van der Waals surface area (Å²) in [5.74, 6) is 1.91. The molecule has 0 aliphatic heterocycles. The molecule has 174 valence electrons. The highest BCUT2D eigenvalue weighted by molar-refractivity contribution is 7.13. The van der Waals surface area contributed by atoms with Gasteiger partial charge in [0.25, 0.3) is 5.91 Å². The van der Waals surface area contributed by atoms with Crippen molar-refractivity contribution in [3.8, 4) is 39.1 Å². The van der Waals surface area contributed by atoms with Crippen LogP contribution in [-0.2, 0) is 6.54 Å². The molecule has 6 nitrogen and oxygen atoms in total. The van der Waals surface area contributed by atoms with Crippen molar-refractivity contribution in [2.75, 3.05) is 20.8 Å². The fourth-order valence-corrected chi connectivity index (χ4v) is 4.31. The average molecular weight is 475 g/mol. The number of thiazole rings is 1. The van der Waals surface area contributed by atoms with E-state index in [2.05, 4.69) is 5.32 Å². The number of benzene rings is 3. The Morgan fingerprint density at radius 2 is 1.71 bits per heavy atom. The molecule has 3 aromatic carbocycles. The van der Waals surface area contributed by atoms with Crippen molar-refractivity contribution < 1.29 is 19.0 Å². The van der Waals surface area contributed by atoms with Crippen LogP contribution in [0.5, 0.6) is 17.2 Å². The minimum atomic E-state index is -0.134. The van der Waals surface area contributed by atoms with E-state index in [0.717, 1.165) is 27.4 Å². The number of amides is 1. The molecule has 0 spiro atoms. The summed E-state index contributed by atoms with van der Waals surface area (Å²) in [5.41, 5.74) is 4.46. The molecule has 7 heteroatoms. The minimum absolute atomic E-state index is 0.134. The zero-order chi connectivity index (χ0) is 23.9. The number of ether oxygens (including phenoxy) is 3. The second kappa shape index (κ2) is 10.9. The molecule has 1 aromatic heterocycles. The third-order valence-electron chi connectivity index (χ3n) is 5.24. The quantitative estimate of drug-likeness (QED) is 0.331. The Labute approximate surface area is 203 Å². The molecule has 4 rings (SSSR count). The Kier molecular flexibility index (Phi) is 7.44. The van der Waals surface area contributed by atoms with Crippen molar-refractivity contribution in [3.63, 3.8) is 0 Å². The molecular formula is C27H26N2O4S. The van der Waals surface area contributed by atoms with Gasteiger partial charge in [-0.15, -0.1) is 11.3 Å². The van der Waals surface area contributed by atoms with Crippen LogP contribution in [0.2, 0.25) is 0 Å². The van der Waals surface area contributed by atoms with Crippen LogP contribution in [0.3, 0.4) is 0 Å². The van der Waals surface area contributed by atoms with Crippen LogP contribution < -0.4 is 19.5 Å². The van der Waals surface area contributed by atoms with Crippen LogP contribution in [0, 0.1) is 0 Å². The molecule has 34 heavy (non-hydrogen) atoms. The van der Waals surface area contributed by atoms with Crippen LogP contribution in [0.4, 0.5) is 0 Å². The van der Waals surface area contributed by atoms with Gasteiger partial charge >= 0.3 is 0 Å². The molecule has 0 saturated carbocycles. The SMILES string of the molecule is CCOc1cccc(C(=O)NCc2ccc(-c3nc(-c4ccc(OC)c(OC)c4)cs3)cc2)c1. The van der Waals surface area contributed by atoms with E-state index in [4.69, 9.17) is 19.2 Å². The molecule has 0 aliphatic carbocycles. The summed E-state index contributed by atoms with van der Waals surface area (Å²) >= 11 is 1.58. The van der Waals surface area contributed by atoms with Crippen molar-refractivity contribution in [1.29, 1.82) is 0 Å². The van der Waals surface area contributed by atoms with E-state index < -0.39 is 0 Å². The lowest BCUT2D eigenvalue weighted by atomic mass is 10.1. The number of carbonyl (C=O) groups excluding carboxylic acids is 1. The average Bonchev–Trinajstić information content (AvgIpc) is 3.38. The van der Waals surface area contributed by atoms with Gasteiger partial charge in [0.05, 0.1) is 26.5 Å². The van der Waals surface area contributed by atoms with Crippen molar-refractivity contribution in [2.45, 2.75) is 13.5 Å². The number of aromatic nitrogens is 1. The molecule has 0 atom stereocenters. The molecule has 4 aromatic rings. The number of methoxy groups -OCH3 is 2.